The molecule has 0 saturated heterocycles. The number of rotatable bonds is 8. The molecule has 4 aromatic rings. The summed E-state index contributed by atoms with van der Waals surface area (Å²) in [5.41, 5.74) is 2.18. The van der Waals surface area contributed by atoms with Crippen molar-refractivity contribution < 1.29 is 19.0 Å². The van der Waals surface area contributed by atoms with E-state index >= 15 is 0 Å². The molecule has 0 amide bonds. The molecule has 168 valence electrons. The van der Waals surface area contributed by atoms with Crippen molar-refractivity contribution in [3.05, 3.63) is 88.9 Å². The zero-order valence-electron chi connectivity index (χ0n) is 17.7. The van der Waals surface area contributed by atoms with Crippen LogP contribution in [0.3, 0.4) is 0 Å². The van der Waals surface area contributed by atoms with Crippen molar-refractivity contribution in [2.24, 2.45) is 0 Å². The largest absolute Gasteiger partial charge is 0.465 e. The van der Waals surface area contributed by atoms with E-state index in [1.807, 2.05) is 54.6 Å². The Kier molecular flexibility index (Phi) is 7.17. The Morgan fingerprint density at radius 1 is 0.939 bits per heavy atom. The van der Waals surface area contributed by atoms with Gasteiger partial charge in [-0.05, 0) is 61.5 Å². The quantitative estimate of drug-likeness (QED) is 0.265. The maximum absolute atomic E-state index is 11.7. The maximum atomic E-state index is 11.7. The summed E-state index contributed by atoms with van der Waals surface area (Å²) in [5.74, 6) is 1.23. The molecule has 4 rings (SSSR count). The summed E-state index contributed by atoms with van der Waals surface area (Å²) < 4.78 is 18.0. The summed E-state index contributed by atoms with van der Waals surface area (Å²) in [7, 11) is 0. The van der Waals surface area contributed by atoms with E-state index in [1.54, 1.807) is 35.9 Å². The van der Waals surface area contributed by atoms with Crippen LogP contribution in [0.1, 0.15) is 6.92 Å². The molecule has 0 atom stereocenters. The molecule has 0 spiro atoms. The van der Waals surface area contributed by atoms with Crippen molar-refractivity contribution in [3.8, 4) is 34.3 Å². The Morgan fingerprint density at radius 3 is 2.36 bits per heavy atom. The number of esters is 1. The third-order valence-electron chi connectivity index (χ3n) is 4.60. The topological polar surface area (TPSA) is 62.6 Å². The van der Waals surface area contributed by atoms with Gasteiger partial charge in [-0.25, -0.2) is 9.48 Å². The highest BCUT2D eigenvalue weighted by molar-refractivity contribution is 6.35. The number of aromatic nitrogens is 2. The molecule has 8 heteroatoms. The fraction of sp³-hybridized carbons (Fsp3) is 0.120. The minimum absolute atomic E-state index is 0.248. The second kappa shape index (κ2) is 10.4. The summed E-state index contributed by atoms with van der Waals surface area (Å²) in [6.07, 6.45) is 0. The Hall–Kier alpha value is -3.48. The number of carbonyl (C=O) groups excluding carboxylic acids is 1. The molecule has 6 nitrogen and oxygen atoms in total. The highest BCUT2D eigenvalue weighted by Gasteiger charge is 2.16. The number of halogens is 2. The smallest absolute Gasteiger partial charge is 0.344 e. The molecule has 0 unspecified atom stereocenters. The second-order valence-corrected chi connectivity index (χ2v) is 7.75. The van der Waals surface area contributed by atoms with Gasteiger partial charge >= 0.3 is 5.97 Å². The minimum Gasteiger partial charge on any atom is -0.465 e. The third kappa shape index (κ3) is 5.66. The van der Waals surface area contributed by atoms with Crippen molar-refractivity contribution in [2.45, 2.75) is 6.92 Å². The molecule has 0 radical (unpaired) electrons. The lowest BCUT2D eigenvalue weighted by molar-refractivity contribution is -0.145. The van der Waals surface area contributed by atoms with Gasteiger partial charge in [0.2, 0.25) is 5.88 Å². The zero-order chi connectivity index (χ0) is 23.2. The number of para-hydroxylation sites is 1. The molecule has 1 aromatic heterocycles. The molecule has 3 aromatic carbocycles. The molecule has 0 bridgehead atoms. The van der Waals surface area contributed by atoms with Gasteiger partial charge in [-0.2, -0.15) is 0 Å². The third-order valence-corrected chi connectivity index (χ3v) is 5.13. The first-order valence-corrected chi connectivity index (χ1v) is 11.0. The van der Waals surface area contributed by atoms with Crippen LogP contribution < -0.4 is 9.47 Å². The lowest BCUT2D eigenvalue weighted by Gasteiger charge is -2.10. The van der Waals surface area contributed by atoms with Crippen LogP contribution in [0.15, 0.2) is 78.9 Å². The molecular weight excluding hydrogens is 463 g/mol. The molecule has 33 heavy (non-hydrogen) atoms. The fourth-order valence-corrected chi connectivity index (χ4v) is 3.61. The van der Waals surface area contributed by atoms with E-state index in [4.69, 9.17) is 37.4 Å². The summed E-state index contributed by atoms with van der Waals surface area (Å²) in [6.45, 7) is 1.76. The molecule has 0 aliphatic carbocycles. The molecule has 0 N–H and O–H groups in total. The monoisotopic (exact) mass is 482 g/mol. The Bertz CT molecular complexity index is 1240. The average Bonchev–Trinajstić information content (AvgIpc) is 3.23. The van der Waals surface area contributed by atoms with Gasteiger partial charge in [0, 0.05) is 16.7 Å². The first kappa shape index (κ1) is 22.7. The van der Waals surface area contributed by atoms with Crippen molar-refractivity contribution in [2.75, 3.05) is 13.2 Å². The van der Waals surface area contributed by atoms with Crippen LogP contribution in [0.2, 0.25) is 10.0 Å². The summed E-state index contributed by atoms with van der Waals surface area (Å²) in [5, 5.41) is 5.43. The SMILES string of the molecule is CCOC(=O)COc1cc(-c2ccc(Oc3ccccc3)cc2)n(-c2ccc(Cl)cc2Cl)n1. The first-order valence-electron chi connectivity index (χ1n) is 10.2. The van der Waals surface area contributed by atoms with Gasteiger partial charge in [0.1, 0.15) is 11.5 Å². The Morgan fingerprint density at radius 2 is 1.67 bits per heavy atom. The summed E-state index contributed by atoms with van der Waals surface area (Å²) in [4.78, 5) is 11.7. The predicted molar refractivity (Wildman–Crippen MR) is 128 cm³/mol. The molecule has 0 aliphatic heterocycles. The number of benzene rings is 3. The molecule has 0 fully saturated rings. The lowest BCUT2D eigenvalue weighted by Crippen LogP contribution is -2.14. The van der Waals surface area contributed by atoms with E-state index < -0.39 is 5.97 Å². The zero-order valence-corrected chi connectivity index (χ0v) is 19.2. The van der Waals surface area contributed by atoms with Crippen LogP contribution in [0, 0.1) is 0 Å². The number of hydrogen-bond acceptors (Lipinski definition) is 5. The van der Waals surface area contributed by atoms with Crippen LogP contribution in [-0.2, 0) is 9.53 Å². The van der Waals surface area contributed by atoms with Crippen LogP contribution in [0.5, 0.6) is 17.4 Å². The van der Waals surface area contributed by atoms with Crippen LogP contribution >= 0.6 is 23.2 Å². The number of hydrogen-bond donors (Lipinski definition) is 0. The summed E-state index contributed by atoms with van der Waals surface area (Å²) >= 11 is 12.5. The fourth-order valence-electron chi connectivity index (χ4n) is 3.13. The van der Waals surface area contributed by atoms with E-state index in [0.717, 1.165) is 11.3 Å². The maximum Gasteiger partial charge on any atom is 0.344 e. The minimum atomic E-state index is -0.472. The second-order valence-electron chi connectivity index (χ2n) is 6.91. The normalized spacial score (nSPS) is 10.6. The van der Waals surface area contributed by atoms with Gasteiger partial charge in [0.05, 0.1) is 23.0 Å². The van der Waals surface area contributed by atoms with E-state index in [0.29, 0.717) is 27.2 Å². The standard InChI is InChI=1S/C25H20Cl2N2O4/c1-2-31-25(30)16-32-24-15-23(29(28-24)22-13-10-18(26)14-21(22)27)17-8-11-20(12-9-17)33-19-6-4-3-5-7-19/h3-15H,2,16H2,1H3. The van der Waals surface area contributed by atoms with Crippen LogP contribution in [-0.4, -0.2) is 29.0 Å². The average molecular weight is 483 g/mol. The van der Waals surface area contributed by atoms with E-state index in [2.05, 4.69) is 5.10 Å². The van der Waals surface area contributed by atoms with Crippen molar-refractivity contribution in [1.29, 1.82) is 0 Å². The Labute approximate surface area is 201 Å². The lowest BCUT2D eigenvalue weighted by atomic mass is 10.1. The van der Waals surface area contributed by atoms with Crippen molar-refractivity contribution in [3.63, 3.8) is 0 Å². The molecular formula is C25H20Cl2N2O4. The van der Waals surface area contributed by atoms with E-state index in [9.17, 15) is 4.79 Å². The molecule has 1 heterocycles. The number of nitrogens with zero attached hydrogens (tertiary/aromatic N) is 2. The highest BCUT2D eigenvalue weighted by atomic mass is 35.5. The van der Waals surface area contributed by atoms with Gasteiger partial charge in [0.25, 0.3) is 0 Å². The number of ether oxygens (including phenoxy) is 3. The molecule has 0 aliphatic rings. The van der Waals surface area contributed by atoms with Gasteiger partial charge in [-0.3, -0.25) is 0 Å². The van der Waals surface area contributed by atoms with Crippen molar-refractivity contribution >= 4 is 29.2 Å². The van der Waals surface area contributed by atoms with E-state index in [-0.39, 0.29) is 19.1 Å². The van der Waals surface area contributed by atoms with Crippen LogP contribution in [0.25, 0.3) is 16.9 Å². The highest BCUT2D eigenvalue weighted by Crippen LogP contribution is 2.33. The van der Waals surface area contributed by atoms with Gasteiger partial charge in [0.15, 0.2) is 6.61 Å². The summed E-state index contributed by atoms with van der Waals surface area (Å²) in [6, 6.07) is 23.9. The van der Waals surface area contributed by atoms with Crippen LogP contribution in [0.4, 0.5) is 0 Å². The van der Waals surface area contributed by atoms with Gasteiger partial charge in [-0.15, -0.1) is 5.10 Å². The molecule has 0 saturated carbocycles. The number of carbonyl (C=O) groups is 1. The van der Waals surface area contributed by atoms with Crippen molar-refractivity contribution in [1.82, 2.24) is 9.78 Å². The predicted octanol–water partition coefficient (Wildman–Crippen LogP) is 6.58. The Balaban J connectivity index is 1.65. The van der Waals surface area contributed by atoms with Gasteiger partial charge in [-0.1, -0.05) is 41.4 Å². The first-order chi connectivity index (χ1) is 16.0. The van der Waals surface area contributed by atoms with Gasteiger partial charge < -0.3 is 14.2 Å². The van der Waals surface area contributed by atoms with E-state index in [1.165, 1.54) is 0 Å².